The van der Waals surface area contributed by atoms with Crippen LogP contribution in [-0.2, 0) is 13.1 Å². The second-order valence-electron chi connectivity index (χ2n) is 4.25. The zero-order valence-corrected chi connectivity index (χ0v) is 12.0. The van der Waals surface area contributed by atoms with Crippen LogP contribution < -0.4 is 5.32 Å². The molecule has 0 aliphatic rings. The smallest absolute Gasteiger partial charge is 0.151 e. The summed E-state index contributed by atoms with van der Waals surface area (Å²) in [4.78, 5) is 2.33. The molecule has 1 heterocycles. The summed E-state index contributed by atoms with van der Waals surface area (Å²) in [5.74, 6) is 2.10. The third-order valence-corrected chi connectivity index (χ3v) is 3.54. The third-order valence-electron chi connectivity index (χ3n) is 2.82. The number of hydrogen-bond acceptors (Lipinski definition) is 5. The molecule has 1 aromatic rings. The SMILES string of the molecule is CCC(CSC)N(C)Cc1cc(CNC)no1. The Morgan fingerprint density at radius 2 is 2.35 bits per heavy atom. The number of thioether (sulfide) groups is 1. The van der Waals surface area contributed by atoms with Crippen LogP contribution in [0.4, 0.5) is 0 Å². The van der Waals surface area contributed by atoms with E-state index >= 15 is 0 Å². The summed E-state index contributed by atoms with van der Waals surface area (Å²) in [5.41, 5.74) is 0.966. The van der Waals surface area contributed by atoms with E-state index in [9.17, 15) is 0 Å². The van der Waals surface area contributed by atoms with Gasteiger partial charge in [-0.25, -0.2) is 0 Å². The van der Waals surface area contributed by atoms with Crippen molar-refractivity contribution in [1.82, 2.24) is 15.4 Å². The van der Waals surface area contributed by atoms with E-state index < -0.39 is 0 Å². The Bertz CT molecular complexity index is 316. The summed E-state index contributed by atoms with van der Waals surface area (Å²) in [6.45, 7) is 3.81. The van der Waals surface area contributed by atoms with Crippen LogP contribution in [0.15, 0.2) is 10.6 Å². The summed E-state index contributed by atoms with van der Waals surface area (Å²) in [6, 6.07) is 2.63. The van der Waals surface area contributed by atoms with Gasteiger partial charge in [-0.2, -0.15) is 11.8 Å². The number of nitrogens with zero attached hydrogens (tertiary/aromatic N) is 2. The minimum Gasteiger partial charge on any atom is -0.360 e. The lowest BCUT2D eigenvalue weighted by Gasteiger charge is -2.25. The molecule has 1 unspecified atom stereocenters. The second-order valence-corrected chi connectivity index (χ2v) is 5.16. The number of nitrogens with one attached hydrogen (secondary N) is 1. The fourth-order valence-electron chi connectivity index (χ4n) is 1.82. The first-order chi connectivity index (χ1) is 8.21. The van der Waals surface area contributed by atoms with Gasteiger partial charge in [0, 0.05) is 24.4 Å². The van der Waals surface area contributed by atoms with Crippen LogP contribution in [0.5, 0.6) is 0 Å². The van der Waals surface area contributed by atoms with Crippen LogP contribution in [0.2, 0.25) is 0 Å². The van der Waals surface area contributed by atoms with E-state index in [1.165, 1.54) is 0 Å². The molecule has 0 bridgehead atoms. The van der Waals surface area contributed by atoms with Crippen LogP contribution in [0, 0.1) is 0 Å². The molecule has 1 rings (SSSR count). The lowest BCUT2D eigenvalue weighted by Crippen LogP contribution is -2.32. The summed E-state index contributed by atoms with van der Waals surface area (Å²) in [6.07, 6.45) is 3.31. The molecule has 0 aromatic carbocycles. The van der Waals surface area contributed by atoms with E-state index in [0.29, 0.717) is 6.04 Å². The molecular formula is C12H23N3OS. The van der Waals surface area contributed by atoms with Crippen LogP contribution >= 0.6 is 11.8 Å². The van der Waals surface area contributed by atoms with Gasteiger partial charge in [0.25, 0.3) is 0 Å². The minimum absolute atomic E-state index is 0.600. The Labute approximate surface area is 108 Å². The van der Waals surface area contributed by atoms with Crippen LogP contribution in [0.3, 0.4) is 0 Å². The largest absolute Gasteiger partial charge is 0.360 e. The number of aromatic nitrogens is 1. The summed E-state index contributed by atoms with van der Waals surface area (Å²) >= 11 is 1.89. The van der Waals surface area contributed by atoms with Crippen molar-refractivity contribution >= 4 is 11.8 Å². The lowest BCUT2D eigenvalue weighted by molar-refractivity contribution is 0.217. The average Bonchev–Trinajstić information content (AvgIpc) is 2.73. The average molecular weight is 257 g/mol. The van der Waals surface area contributed by atoms with Gasteiger partial charge in [0.2, 0.25) is 0 Å². The van der Waals surface area contributed by atoms with Gasteiger partial charge in [0.15, 0.2) is 5.76 Å². The van der Waals surface area contributed by atoms with E-state index in [-0.39, 0.29) is 0 Å². The van der Waals surface area contributed by atoms with Gasteiger partial charge in [-0.1, -0.05) is 12.1 Å². The quantitative estimate of drug-likeness (QED) is 0.771. The summed E-state index contributed by atoms with van der Waals surface area (Å²) < 4.78 is 5.32. The molecule has 5 heteroatoms. The molecule has 0 saturated carbocycles. The van der Waals surface area contributed by atoms with Gasteiger partial charge >= 0.3 is 0 Å². The molecule has 0 amide bonds. The van der Waals surface area contributed by atoms with E-state index in [4.69, 9.17) is 4.52 Å². The van der Waals surface area contributed by atoms with Crippen molar-refractivity contribution in [2.24, 2.45) is 0 Å². The van der Waals surface area contributed by atoms with Crippen LogP contribution in [0.25, 0.3) is 0 Å². The van der Waals surface area contributed by atoms with Crippen molar-refractivity contribution in [3.8, 4) is 0 Å². The first-order valence-electron chi connectivity index (χ1n) is 5.99. The monoisotopic (exact) mass is 257 g/mol. The second kappa shape index (κ2) is 7.74. The molecule has 17 heavy (non-hydrogen) atoms. The molecule has 98 valence electrons. The number of hydrogen-bond donors (Lipinski definition) is 1. The fourth-order valence-corrected chi connectivity index (χ4v) is 2.69. The minimum atomic E-state index is 0.600. The Kier molecular flexibility index (Phi) is 6.62. The topological polar surface area (TPSA) is 41.3 Å². The highest BCUT2D eigenvalue weighted by Gasteiger charge is 2.14. The van der Waals surface area contributed by atoms with Crippen molar-refractivity contribution in [2.45, 2.75) is 32.5 Å². The molecule has 0 spiro atoms. The molecule has 0 aliphatic heterocycles. The maximum atomic E-state index is 5.32. The lowest BCUT2D eigenvalue weighted by atomic mass is 10.2. The zero-order valence-electron chi connectivity index (χ0n) is 11.2. The standard InChI is InChI=1S/C12H23N3OS/c1-5-11(9-17-4)15(3)8-12-6-10(7-13-2)14-16-12/h6,11,13H,5,7-9H2,1-4H3. The van der Waals surface area contributed by atoms with Gasteiger partial charge in [-0.05, 0) is 26.8 Å². The Morgan fingerprint density at radius 1 is 1.59 bits per heavy atom. The molecule has 4 nitrogen and oxygen atoms in total. The van der Waals surface area contributed by atoms with Gasteiger partial charge in [0.1, 0.15) is 0 Å². The van der Waals surface area contributed by atoms with Crippen LogP contribution in [0.1, 0.15) is 24.8 Å². The molecule has 0 radical (unpaired) electrons. The third kappa shape index (κ3) is 4.69. The first kappa shape index (κ1) is 14.5. The van der Waals surface area contributed by atoms with Crippen molar-refractivity contribution < 1.29 is 4.52 Å². The Balaban J connectivity index is 2.50. The molecule has 1 aromatic heterocycles. The summed E-state index contributed by atoms with van der Waals surface area (Å²) in [5, 5.41) is 7.09. The molecule has 1 N–H and O–H groups in total. The number of rotatable bonds is 8. The predicted molar refractivity (Wildman–Crippen MR) is 73.2 cm³/mol. The van der Waals surface area contributed by atoms with Gasteiger partial charge < -0.3 is 9.84 Å². The maximum absolute atomic E-state index is 5.32. The van der Waals surface area contributed by atoms with Gasteiger partial charge in [-0.3, -0.25) is 4.90 Å². The molecule has 0 fully saturated rings. The van der Waals surface area contributed by atoms with E-state index in [1.807, 2.05) is 24.9 Å². The highest BCUT2D eigenvalue weighted by molar-refractivity contribution is 7.98. The molecule has 1 atom stereocenters. The highest BCUT2D eigenvalue weighted by Crippen LogP contribution is 2.13. The fraction of sp³-hybridized carbons (Fsp3) is 0.750. The first-order valence-corrected chi connectivity index (χ1v) is 7.38. The Morgan fingerprint density at radius 3 is 2.94 bits per heavy atom. The molecule has 0 saturated heterocycles. The zero-order chi connectivity index (χ0) is 12.7. The van der Waals surface area contributed by atoms with E-state index in [2.05, 4.69) is 35.6 Å². The van der Waals surface area contributed by atoms with E-state index in [1.54, 1.807) is 0 Å². The predicted octanol–water partition coefficient (Wildman–Crippen LogP) is 1.97. The summed E-state index contributed by atoms with van der Waals surface area (Å²) in [7, 11) is 4.05. The maximum Gasteiger partial charge on any atom is 0.151 e. The van der Waals surface area contributed by atoms with Gasteiger partial charge in [0.05, 0.1) is 12.2 Å². The van der Waals surface area contributed by atoms with Crippen molar-refractivity contribution in [3.63, 3.8) is 0 Å². The van der Waals surface area contributed by atoms with Crippen LogP contribution in [-0.4, -0.2) is 42.2 Å². The normalized spacial score (nSPS) is 13.2. The molecule has 0 aliphatic carbocycles. The van der Waals surface area contributed by atoms with E-state index in [0.717, 1.165) is 36.7 Å². The Hall–Kier alpha value is -0.520. The van der Waals surface area contributed by atoms with Crippen molar-refractivity contribution in [2.75, 3.05) is 26.1 Å². The van der Waals surface area contributed by atoms with Crippen molar-refractivity contribution in [3.05, 3.63) is 17.5 Å². The highest BCUT2D eigenvalue weighted by atomic mass is 32.2. The van der Waals surface area contributed by atoms with Crippen molar-refractivity contribution in [1.29, 1.82) is 0 Å². The van der Waals surface area contributed by atoms with Gasteiger partial charge in [-0.15, -0.1) is 0 Å². The molecular weight excluding hydrogens is 234 g/mol.